The number of rotatable bonds is 8. The molecule has 6 heteroatoms. The van der Waals surface area contributed by atoms with Gasteiger partial charge in [-0.05, 0) is 12.1 Å². The third kappa shape index (κ3) is 4.75. The zero-order chi connectivity index (χ0) is 15.8. The number of hydrogen-bond donors (Lipinski definition) is 2. The predicted molar refractivity (Wildman–Crippen MR) is 81.4 cm³/mol. The Kier molecular flexibility index (Phi) is 6.68. The number of alkyl halides is 1. The molecule has 5 nitrogen and oxygen atoms in total. The van der Waals surface area contributed by atoms with Crippen molar-refractivity contribution in [1.82, 2.24) is 0 Å². The van der Waals surface area contributed by atoms with E-state index < -0.39 is 5.56 Å². The van der Waals surface area contributed by atoms with Crippen molar-refractivity contribution >= 4 is 17.4 Å². The van der Waals surface area contributed by atoms with Crippen molar-refractivity contribution in [2.75, 3.05) is 6.61 Å². The summed E-state index contributed by atoms with van der Waals surface area (Å²) in [5.41, 5.74) is -0.582. The first-order chi connectivity index (χ1) is 10.0. The lowest BCUT2D eigenvalue weighted by atomic mass is 10.0. The zero-order valence-corrected chi connectivity index (χ0v) is 12.0. The molecule has 0 aromatic heterocycles. The molecule has 0 aliphatic heterocycles. The molecule has 0 fully saturated rings. The highest BCUT2D eigenvalue weighted by Gasteiger charge is 2.17. The second-order valence-corrected chi connectivity index (χ2v) is 4.42. The molecule has 1 rings (SSSR count). The zero-order valence-electron chi connectivity index (χ0n) is 11.3. The van der Waals surface area contributed by atoms with Crippen LogP contribution in [0, 0.1) is 0 Å². The van der Waals surface area contributed by atoms with E-state index in [1.54, 1.807) is 0 Å². The van der Waals surface area contributed by atoms with Gasteiger partial charge < -0.3 is 14.7 Å². The van der Waals surface area contributed by atoms with Gasteiger partial charge in [0.2, 0.25) is 0 Å². The van der Waals surface area contributed by atoms with E-state index in [-0.39, 0.29) is 23.7 Å². The van der Waals surface area contributed by atoms with Gasteiger partial charge in [-0.15, -0.1) is 0 Å². The molecule has 112 valence electrons. The van der Waals surface area contributed by atoms with E-state index in [9.17, 15) is 4.79 Å². The first-order valence-electron chi connectivity index (χ1n) is 5.99. The number of halogens is 1. The quantitative estimate of drug-likeness (QED) is 0.253. The third-order valence-corrected chi connectivity index (χ3v) is 2.62. The Balaban J connectivity index is 3.20. The van der Waals surface area contributed by atoms with E-state index in [1.807, 2.05) is 0 Å². The number of nitrogens with two attached hydrogens (primary N) is 1. The van der Waals surface area contributed by atoms with Crippen LogP contribution in [0.3, 0.4) is 0 Å². The molecule has 0 saturated carbocycles. The monoisotopic (exact) mass is 309 g/mol. The summed E-state index contributed by atoms with van der Waals surface area (Å²) in [6, 6.07) is 4.45. The molecular formula is C15H16ClNO4. The van der Waals surface area contributed by atoms with Gasteiger partial charge in [0.15, 0.2) is 17.1 Å². The minimum absolute atomic E-state index is 0.190. The average molecular weight is 310 g/mol. The Bertz CT molecular complexity index is 567. The number of aliphatic hydroxyl groups is 1. The minimum Gasteiger partial charge on any atom is -0.489 e. The van der Waals surface area contributed by atoms with Crippen molar-refractivity contribution in [3.05, 3.63) is 60.7 Å². The van der Waals surface area contributed by atoms with Crippen LogP contribution in [0.2, 0.25) is 0 Å². The molecular weight excluding hydrogens is 294 g/mol. The molecule has 0 aliphatic rings. The Labute approximate surface area is 127 Å². The first kappa shape index (κ1) is 17.0. The van der Waals surface area contributed by atoms with Crippen LogP contribution in [0.25, 0.3) is 0 Å². The van der Waals surface area contributed by atoms with E-state index in [2.05, 4.69) is 18.0 Å². The molecule has 0 saturated heterocycles. The molecule has 0 spiro atoms. The van der Waals surface area contributed by atoms with Crippen LogP contribution in [0.1, 0.15) is 10.4 Å². The fraction of sp³-hybridized carbons (Fsp3) is 0.133. The van der Waals surface area contributed by atoms with Crippen LogP contribution in [0.4, 0.5) is 0 Å². The largest absolute Gasteiger partial charge is 0.489 e. The molecule has 0 heterocycles. The van der Waals surface area contributed by atoms with Crippen LogP contribution < -0.4 is 15.5 Å². The Hall–Kier alpha value is -2.08. The van der Waals surface area contributed by atoms with Gasteiger partial charge in [0.25, 0.3) is 0 Å². The van der Waals surface area contributed by atoms with Gasteiger partial charge in [0.1, 0.15) is 12.4 Å². The van der Waals surface area contributed by atoms with Crippen molar-refractivity contribution < 1.29 is 19.5 Å². The van der Waals surface area contributed by atoms with Crippen molar-refractivity contribution in [3.8, 4) is 11.5 Å². The summed E-state index contributed by atoms with van der Waals surface area (Å²) >= 11 is 5.42. The van der Waals surface area contributed by atoms with E-state index in [1.165, 1.54) is 36.4 Å². The van der Waals surface area contributed by atoms with Gasteiger partial charge in [0, 0.05) is 11.6 Å². The molecule has 1 aromatic rings. The summed E-state index contributed by atoms with van der Waals surface area (Å²) in [5.74, 6) is 5.26. The van der Waals surface area contributed by atoms with E-state index in [0.29, 0.717) is 11.3 Å². The summed E-state index contributed by atoms with van der Waals surface area (Å²) in [5, 5.41) is 9.07. The number of aliphatic hydroxyl groups excluding tert-OH is 1. The highest BCUT2D eigenvalue weighted by atomic mass is 35.5. The maximum Gasteiger partial charge on any atom is 0.196 e. The molecule has 1 unspecified atom stereocenters. The van der Waals surface area contributed by atoms with Crippen molar-refractivity contribution in [2.45, 2.75) is 5.56 Å². The standard InChI is InChI=1S/C15H16ClNO4/c1-3-5-10(4-2)15(19)12-7-6-11(21-17)8-13(12)20-9-14(16)18/h3-8,14,18H,1-2,9,17H2/b10-5+. The highest BCUT2D eigenvalue weighted by molar-refractivity contribution is 6.19. The van der Waals surface area contributed by atoms with E-state index in [0.717, 1.165) is 0 Å². The van der Waals surface area contributed by atoms with Crippen LogP contribution in [0.5, 0.6) is 11.5 Å². The lowest BCUT2D eigenvalue weighted by molar-refractivity contribution is 0.103. The average Bonchev–Trinajstić information content (AvgIpc) is 2.49. The predicted octanol–water partition coefficient (Wildman–Crippen LogP) is 2.36. The topological polar surface area (TPSA) is 81.8 Å². The summed E-state index contributed by atoms with van der Waals surface area (Å²) in [6.45, 7) is 6.93. The second kappa shape index (κ2) is 8.26. The van der Waals surface area contributed by atoms with Crippen molar-refractivity contribution in [1.29, 1.82) is 0 Å². The number of allylic oxidation sites excluding steroid dienone is 4. The van der Waals surface area contributed by atoms with Crippen LogP contribution in [-0.2, 0) is 0 Å². The Morgan fingerprint density at radius 3 is 2.71 bits per heavy atom. The highest BCUT2D eigenvalue weighted by Crippen LogP contribution is 2.27. The maximum atomic E-state index is 12.4. The Morgan fingerprint density at radius 1 is 1.48 bits per heavy atom. The number of carbonyl (C=O) groups is 1. The van der Waals surface area contributed by atoms with Gasteiger partial charge in [-0.2, -0.15) is 5.90 Å². The third-order valence-electron chi connectivity index (χ3n) is 2.49. The fourth-order valence-electron chi connectivity index (χ4n) is 1.56. The molecule has 1 aromatic carbocycles. The number of hydrogen-bond acceptors (Lipinski definition) is 5. The van der Waals surface area contributed by atoms with Gasteiger partial charge in [-0.25, -0.2) is 0 Å². The number of ether oxygens (including phenoxy) is 1. The summed E-state index contributed by atoms with van der Waals surface area (Å²) < 4.78 is 5.31. The smallest absolute Gasteiger partial charge is 0.196 e. The lowest BCUT2D eigenvalue weighted by Gasteiger charge is -2.13. The normalized spacial score (nSPS) is 12.4. The van der Waals surface area contributed by atoms with Gasteiger partial charge in [-0.1, -0.05) is 43.0 Å². The second-order valence-electron chi connectivity index (χ2n) is 3.91. The molecule has 21 heavy (non-hydrogen) atoms. The van der Waals surface area contributed by atoms with Crippen LogP contribution in [0.15, 0.2) is 55.2 Å². The van der Waals surface area contributed by atoms with Gasteiger partial charge in [0.05, 0.1) is 5.56 Å². The molecule has 0 aliphatic carbocycles. The molecule has 0 amide bonds. The van der Waals surface area contributed by atoms with Crippen LogP contribution in [-0.4, -0.2) is 23.1 Å². The number of Topliss-reactive ketones (excluding diaryl/α,β-unsaturated/α-hetero) is 1. The molecule has 1 atom stereocenters. The van der Waals surface area contributed by atoms with E-state index >= 15 is 0 Å². The molecule has 0 bridgehead atoms. The van der Waals surface area contributed by atoms with Crippen molar-refractivity contribution in [2.24, 2.45) is 5.90 Å². The first-order valence-corrected chi connectivity index (χ1v) is 6.42. The fourth-order valence-corrected chi connectivity index (χ4v) is 1.62. The van der Waals surface area contributed by atoms with Gasteiger partial charge in [-0.3, -0.25) is 4.79 Å². The van der Waals surface area contributed by atoms with Crippen molar-refractivity contribution in [3.63, 3.8) is 0 Å². The van der Waals surface area contributed by atoms with E-state index in [4.69, 9.17) is 27.3 Å². The van der Waals surface area contributed by atoms with Gasteiger partial charge >= 0.3 is 0 Å². The maximum absolute atomic E-state index is 12.4. The molecule has 0 radical (unpaired) electrons. The number of carbonyl (C=O) groups excluding carboxylic acids is 1. The Morgan fingerprint density at radius 2 is 2.19 bits per heavy atom. The number of ketones is 1. The van der Waals surface area contributed by atoms with Crippen LogP contribution >= 0.6 is 11.6 Å². The minimum atomic E-state index is -1.20. The number of benzene rings is 1. The SMILES string of the molecule is C=C/C=C(\C=C)C(=O)c1ccc(ON)cc1OCC(O)Cl. The lowest BCUT2D eigenvalue weighted by Crippen LogP contribution is -2.13. The summed E-state index contributed by atoms with van der Waals surface area (Å²) in [7, 11) is 0. The summed E-state index contributed by atoms with van der Waals surface area (Å²) in [4.78, 5) is 17.0. The molecule has 3 N–H and O–H groups in total. The summed E-state index contributed by atoms with van der Waals surface area (Å²) in [6.07, 6.45) is 4.43.